The van der Waals surface area contributed by atoms with Gasteiger partial charge in [-0.15, -0.1) is 0 Å². The van der Waals surface area contributed by atoms with E-state index in [4.69, 9.17) is 18.1 Å². The zero-order chi connectivity index (χ0) is 22.4. The third-order valence-electron chi connectivity index (χ3n) is 3.81. The van der Waals surface area contributed by atoms with Crippen LogP contribution in [0.3, 0.4) is 0 Å². The summed E-state index contributed by atoms with van der Waals surface area (Å²) < 4.78 is 37.8. The highest BCUT2D eigenvalue weighted by Gasteiger charge is 2.18. The Kier molecular flexibility index (Phi) is 4.99. The molecular weight excluding hydrogens is 362 g/mol. The third kappa shape index (κ3) is 4.09. The first-order valence-corrected chi connectivity index (χ1v) is 8.43. The number of nitrogens with one attached hydrogen (secondary N) is 2. The van der Waals surface area contributed by atoms with Gasteiger partial charge in [-0.05, 0) is 25.1 Å². The van der Waals surface area contributed by atoms with Gasteiger partial charge in [-0.3, -0.25) is 9.78 Å². The van der Waals surface area contributed by atoms with E-state index in [1.165, 1.54) is 19.5 Å². The molecule has 0 aliphatic rings. The van der Waals surface area contributed by atoms with Gasteiger partial charge in [-0.25, -0.2) is 0 Å². The highest BCUT2D eigenvalue weighted by atomic mass is 16.5. The number of para-hydroxylation sites is 1. The third-order valence-corrected chi connectivity index (χ3v) is 3.81. The lowest BCUT2D eigenvalue weighted by Crippen LogP contribution is -2.19. The molecule has 2 N–H and O–H groups in total. The highest BCUT2D eigenvalue weighted by molar-refractivity contribution is 6.00. The molecule has 0 aliphatic carbocycles. The number of aromatic nitrogens is 3. The van der Waals surface area contributed by atoms with Crippen LogP contribution in [-0.4, -0.2) is 41.7 Å². The summed E-state index contributed by atoms with van der Waals surface area (Å²) >= 11 is 0. The van der Waals surface area contributed by atoms with E-state index in [0.29, 0.717) is 41.0 Å². The van der Waals surface area contributed by atoms with Gasteiger partial charge in [0.05, 0.1) is 29.6 Å². The quantitative estimate of drug-likeness (QED) is 0.608. The fourth-order valence-corrected chi connectivity index (χ4v) is 2.54. The average molecular weight is 386 g/mol. The molecule has 2 aromatic heterocycles. The summed E-state index contributed by atoms with van der Waals surface area (Å²) in [4.78, 5) is 20.6. The Hall–Kier alpha value is -3.46. The minimum Gasteiger partial charge on any atom is -0.494 e. The number of amides is 1. The van der Waals surface area contributed by atoms with Crippen molar-refractivity contribution in [2.45, 2.75) is 13.5 Å². The number of rotatable bonds is 8. The van der Waals surface area contributed by atoms with E-state index in [9.17, 15) is 4.79 Å². The number of anilines is 2. The molecule has 0 saturated carbocycles. The van der Waals surface area contributed by atoms with Crippen molar-refractivity contribution in [3.05, 3.63) is 48.1 Å². The number of ether oxygens (including phenoxy) is 2. The van der Waals surface area contributed by atoms with Gasteiger partial charge in [0.15, 0.2) is 5.75 Å². The van der Waals surface area contributed by atoms with E-state index >= 15 is 0 Å². The van der Waals surface area contributed by atoms with Crippen LogP contribution in [0.2, 0.25) is 0 Å². The molecule has 0 aliphatic heterocycles. The van der Waals surface area contributed by atoms with E-state index in [0.717, 1.165) is 0 Å². The van der Waals surface area contributed by atoms with Crippen LogP contribution in [0.1, 0.15) is 27.3 Å². The number of pyridine rings is 1. The van der Waals surface area contributed by atoms with Crippen molar-refractivity contribution < 1.29 is 22.9 Å². The van der Waals surface area contributed by atoms with Crippen LogP contribution in [-0.2, 0) is 11.3 Å². The SMILES string of the molecule is [2H]C([2H])([2H])NC(=O)c1cnccc1Nc1cccc(-c2noc(COCC)n2)c1OC. The molecule has 0 radical (unpaired) electrons. The van der Waals surface area contributed by atoms with Crippen LogP contribution in [0.4, 0.5) is 11.4 Å². The first kappa shape index (κ1) is 15.6. The molecule has 146 valence electrons. The summed E-state index contributed by atoms with van der Waals surface area (Å²) in [6.45, 7) is -0.0480. The van der Waals surface area contributed by atoms with Crippen molar-refractivity contribution in [2.75, 3.05) is 26.0 Å². The second kappa shape index (κ2) is 8.96. The molecule has 3 rings (SSSR count). The molecule has 9 nitrogen and oxygen atoms in total. The second-order valence-electron chi connectivity index (χ2n) is 5.54. The fourth-order valence-electron chi connectivity index (χ4n) is 2.54. The van der Waals surface area contributed by atoms with E-state index in [1.807, 2.05) is 12.2 Å². The normalized spacial score (nSPS) is 12.6. The maximum absolute atomic E-state index is 12.4. The lowest BCUT2D eigenvalue weighted by atomic mass is 10.1. The van der Waals surface area contributed by atoms with E-state index in [-0.39, 0.29) is 12.2 Å². The average Bonchev–Trinajstić information content (AvgIpc) is 3.20. The summed E-state index contributed by atoms with van der Waals surface area (Å²) in [6, 6.07) is 6.79. The number of carbonyl (C=O) groups is 1. The second-order valence-corrected chi connectivity index (χ2v) is 5.54. The number of carbonyl (C=O) groups excluding carboxylic acids is 1. The summed E-state index contributed by atoms with van der Waals surface area (Å²) in [5.74, 6) is 0.259. The van der Waals surface area contributed by atoms with Crippen LogP contribution in [0.25, 0.3) is 11.4 Å². The Morgan fingerprint density at radius 2 is 2.21 bits per heavy atom. The molecule has 0 bridgehead atoms. The summed E-state index contributed by atoms with van der Waals surface area (Å²) in [5, 5.41) is 9.01. The Morgan fingerprint density at radius 3 is 3.00 bits per heavy atom. The smallest absolute Gasteiger partial charge is 0.254 e. The van der Waals surface area contributed by atoms with Gasteiger partial charge >= 0.3 is 0 Å². The molecule has 0 unspecified atom stereocenters. The van der Waals surface area contributed by atoms with Crippen LogP contribution in [0.15, 0.2) is 41.2 Å². The summed E-state index contributed by atoms with van der Waals surface area (Å²) in [6.07, 6.45) is 2.75. The molecule has 28 heavy (non-hydrogen) atoms. The first-order chi connectivity index (χ1) is 14.8. The topological polar surface area (TPSA) is 111 Å². The Balaban J connectivity index is 1.93. The zero-order valence-electron chi connectivity index (χ0n) is 18.4. The fraction of sp³-hybridized carbons (Fsp3) is 0.263. The van der Waals surface area contributed by atoms with Gasteiger partial charge in [-0.2, -0.15) is 4.98 Å². The number of methoxy groups -OCH3 is 1. The van der Waals surface area contributed by atoms with Crippen LogP contribution >= 0.6 is 0 Å². The number of benzene rings is 1. The van der Waals surface area contributed by atoms with Gasteiger partial charge in [0.1, 0.15) is 6.61 Å². The molecule has 0 fully saturated rings. The number of hydrogen-bond acceptors (Lipinski definition) is 8. The molecule has 0 saturated heterocycles. The molecule has 2 heterocycles. The molecule has 3 aromatic rings. The zero-order valence-corrected chi connectivity index (χ0v) is 15.4. The Labute approximate surface area is 166 Å². The largest absolute Gasteiger partial charge is 0.494 e. The monoisotopic (exact) mass is 386 g/mol. The highest BCUT2D eigenvalue weighted by Crippen LogP contribution is 2.37. The maximum atomic E-state index is 12.4. The van der Waals surface area contributed by atoms with Crippen molar-refractivity contribution in [2.24, 2.45) is 0 Å². The van der Waals surface area contributed by atoms with Crippen LogP contribution in [0.5, 0.6) is 5.75 Å². The number of hydrogen-bond donors (Lipinski definition) is 2. The van der Waals surface area contributed by atoms with Crippen LogP contribution < -0.4 is 15.4 Å². The van der Waals surface area contributed by atoms with E-state index in [1.54, 1.807) is 24.3 Å². The van der Waals surface area contributed by atoms with Gasteiger partial charge in [0, 0.05) is 30.1 Å². The predicted molar refractivity (Wildman–Crippen MR) is 103 cm³/mol. The van der Waals surface area contributed by atoms with Crippen LogP contribution in [0, 0.1) is 0 Å². The van der Waals surface area contributed by atoms with Crippen molar-refractivity contribution in [1.29, 1.82) is 0 Å². The summed E-state index contributed by atoms with van der Waals surface area (Å²) in [7, 11) is 1.49. The maximum Gasteiger partial charge on any atom is 0.254 e. The van der Waals surface area contributed by atoms with Gasteiger partial charge < -0.3 is 24.6 Å². The number of nitrogens with zero attached hydrogens (tertiary/aromatic N) is 3. The van der Waals surface area contributed by atoms with E-state index < -0.39 is 12.9 Å². The summed E-state index contributed by atoms with van der Waals surface area (Å²) in [5.41, 5.74) is 1.47. The molecular formula is C19H21N5O4. The Bertz CT molecular complexity index is 1060. The molecule has 0 spiro atoms. The van der Waals surface area contributed by atoms with Crippen molar-refractivity contribution in [3.8, 4) is 17.1 Å². The predicted octanol–water partition coefficient (Wildman–Crippen LogP) is 2.78. The van der Waals surface area contributed by atoms with Gasteiger partial charge in [0.2, 0.25) is 5.82 Å². The molecule has 1 aromatic carbocycles. The molecule has 0 atom stereocenters. The van der Waals surface area contributed by atoms with Gasteiger partial charge in [-0.1, -0.05) is 11.2 Å². The lowest BCUT2D eigenvalue weighted by molar-refractivity contribution is 0.0963. The van der Waals surface area contributed by atoms with Crippen molar-refractivity contribution in [1.82, 2.24) is 20.4 Å². The molecule has 1 amide bonds. The first-order valence-electron chi connectivity index (χ1n) is 9.93. The van der Waals surface area contributed by atoms with Gasteiger partial charge in [0.25, 0.3) is 11.8 Å². The van der Waals surface area contributed by atoms with E-state index in [2.05, 4.69) is 20.4 Å². The standard InChI is InChI=1S/C19H21N5O4/c1-4-27-11-16-23-18(24-28-16)12-6-5-7-15(17(12)26-3)22-14-8-9-21-10-13(14)19(25)20-2/h5-10H,4,11H2,1-3H3,(H,20,25)(H,21,22)/i2D3. The minimum absolute atomic E-state index is 0.0599. The lowest BCUT2D eigenvalue weighted by Gasteiger charge is -2.15. The van der Waals surface area contributed by atoms with Crippen molar-refractivity contribution >= 4 is 17.3 Å². The molecule has 9 heteroatoms. The Morgan fingerprint density at radius 1 is 1.32 bits per heavy atom. The minimum atomic E-state index is -2.63. The van der Waals surface area contributed by atoms with Crippen molar-refractivity contribution in [3.63, 3.8) is 0 Å².